The van der Waals surface area contributed by atoms with Crippen LogP contribution in [0.15, 0.2) is 78.9 Å². The number of H-pyrrole nitrogens is 1. The van der Waals surface area contributed by atoms with E-state index in [1.54, 1.807) is 4.90 Å². The van der Waals surface area contributed by atoms with Crippen LogP contribution in [0.25, 0.3) is 10.9 Å². The molecule has 1 amide bonds. The third-order valence-corrected chi connectivity index (χ3v) is 8.01. The van der Waals surface area contributed by atoms with E-state index in [2.05, 4.69) is 71.4 Å². The molecule has 0 bridgehead atoms. The normalized spacial score (nSPS) is 22.1. The molecule has 3 heterocycles. The fourth-order valence-electron chi connectivity index (χ4n) is 6.18. The Balaban J connectivity index is 1.37. The molecule has 2 N–H and O–H groups in total. The third kappa shape index (κ3) is 3.54. The van der Waals surface area contributed by atoms with E-state index in [4.69, 9.17) is 0 Å². The van der Waals surface area contributed by atoms with E-state index >= 15 is 0 Å². The molecule has 6 rings (SSSR count). The Morgan fingerprint density at radius 2 is 1.65 bits per heavy atom. The number of para-hydroxylation sites is 1. The fraction of sp³-hybridized carbons (Fsp3) is 0.300. The van der Waals surface area contributed by atoms with Gasteiger partial charge in [-0.25, -0.2) is 0 Å². The lowest BCUT2D eigenvalue weighted by Crippen LogP contribution is -3.12. The van der Waals surface area contributed by atoms with Gasteiger partial charge in [0.1, 0.15) is 6.54 Å². The van der Waals surface area contributed by atoms with Crippen molar-refractivity contribution in [1.29, 1.82) is 0 Å². The van der Waals surface area contributed by atoms with Gasteiger partial charge < -0.3 is 14.8 Å². The highest BCUT2D eigenvalue weighted by Crippen LogP contribution is 2.44. The minimum Gasteiger partial charge on any atom is -0.356 e. The Kier molecular flexibility index (Phi) is 5.26. The summed E-state index contributed by atoms with van der Waals surface area (Å²) in [6, 6.07) is 27.5. The number of aromatic amines is 1. The number of piperidine rings is 1. The summed E-state index contributed by atoms with van der Waals surface area (Å²) in [5, 5.41) is 1.32. The number of hydrogen-bond acceptors (Lipinski definition) is 1. The molecule has 0 unspecified atom stereocenters. The first-order valence-corrected chi connectivity index (χ1v) is 12.5. The molecule has 4 heteroatoms. The van der Waals surface area contributed by atoms with Gasteiger partial charge in [0.2, 0.25) is 0 Å². The molecule has 4 nitrogen and oxygen atoms in total. The van der Waals surface area contributed by atoms with Crippen molar-refractivity contribution in [3.63, 3.8) is 0 Å². The molecule has 1 fully saturated rings. The quantitative estimate of drug-likeness (QED) is 0.481. The molecule has 1 saturated heterocycles. The average molecular weight is 451 g/mol. The summed E-state index contributed by atoms with van der Waals surface area (Å²) >= 11 is 0. The van der Waals surface area contributed by atoms with Crippen molar-refractivity contribution in [3.8, 4) is 0 Å². The van der Waals surface area contributed by atoms with E-state index in [1.807, 2.05) is 24.3 Å². The largest absolute Gasteiger partial charge is 0.356 e. The summed E-state index contributed by atoms with van der Waals surface area (Å²) in [6.45, 7) is 6.00. The van der Waals surface area contributed by atoms with Crippen LogP contribution in [0.1, 0.15) is 45.6 Å². The van der Waals surface area contributed by atoms with Crippen molar-refractivity contribution in [2.24, 2.45) is 0 Å². The molecule has 2 aliphatic heterocycles. The summed E-state index contributed by atoms with van der Waals surface area (Å²) in [5.41, 5.74) is 6.97. The summed E-state index contributed by atoms with van der Waals surface area (Å²) in [6.07, 6.45) is 2.86. The van der Waals surface area contributed by atoms with Gasteiger partial charge in [0.05, 0.1) is 18.6 Å². The zero-order valence-corrected chi connectivity index (χ0v) is 19.8. The van der Waals surface area contributed by atoms with Crippen LogP contribution in [0.5, 0.6) is 0 Å². The van der Waals surface area contributed by atoms with Gasteiger partial charge in [0.25, 0.3) is 5.91 Å². The molecule has 3 aromatic carbocycles. The van der Waals surface area contributed by atoms with Crippen molar-refractivity contribution in [3.05, 3.63) is 107 Å². The molecular weight excluding hydrogens is 418 g/mol. The molecule has 172 valence electrons. The van der Waals surface area contributed by atoms with E-state index in [1.165, 1.54) is 33.3 Å². The molecule has 0 aliphatic carbocycles. The number of carbonyl (C=O) groups excluding carboxylic acids is 1. The third-order valence-electron chi connectivity index (χ3n) is 8.01. The highest BCUT2D eigenvalue weighted by molar-refractivity contribution is 5.95. The predicted octanol–water partition coefficient (Wildman–Crippen LogP) is 4.25. The lowest BCUT2D eigenvalue weighted by atomic mass is 9.77. The molecule has 4 aromatic rings. The number of rotatable bonds is 3. The van der Waals surface area contributed by atoms with E-state index < -0.39 is 0 Å². The maximum Gasteiger partial charge on any atom is 0.254 e. The molecule has 0 saturated carbocycles. The van der Waals surface area contributed by atoms with Gasteiger partial charge in [0.15, 0.2) is 0 Å². The lowest BCUT2D eigenvalue weighted by molar-refractivity contribution is -0.920. The number of nitrogens with zero attached hydrogens (tertiary/aromatic N) is 1. The highest BCUT2D eigenvalue weighted by atomic mass is 16.2. The van der Waals surface area contributed by atoms with Gasteiger partial charge >= 0.3 is 0 Å². The predicted molar refractivity (Wildman–Crippen MR) is 136 cm³/mol. The second-order valence-corrected chi connectivity index (χ2v) is 10.0. The van der Waals surface area contributed by atoms with Crippen LogP contribution in [-0.2, 0) is 18.5 Å². The Morgan fingerprint density at radius 1 is 0.941 bits per heavy atom. The van der Waals surface area contributed by atoms with Crippen molar-refractivity contribution in [2.45, 2.75) is 38.3 Å². The van der Waals surface area contributed by atoms with Crippen LogP contribution >= 0.6 is 0 Å². The summed E-state index contributed by atoms with van der Waals surface area (Å²) in [5.74, 6) is 0.163. The smallest absolute Gasteiger partial charge is 0.254 e. The van der Waals surface area contributed by atoms with Crippen molar-refractivity contribution in [2.75, 3.05) is 19.6 Å². The number of fused-ring (bicyclic) bond motifs is 4. The number of hydrogen-bond donors (Lipinski definition) is 2. The molecule has 2 aliphatic rings. The number of likely N-dealkylation sites (tertiary alicyclic amines) is 1. The average Bonchev–Trinajstić information content (AvgIpc) is 3.26. The van der Waals surface area contributed by atoms with Gasteiger partial charge in [-0.1, -0.05) is 66.2 Å². The van der Waals surface area contributed by atoms with Gasteiger partial charge in [-0.05, 0) is 37.1 Å². The first kappa shape index (κ1) is 21.2. The van der Waals surface area contributed by atoms with Crippen LogP contribution in [-0.4, -0.2) is 35.4 Å². The minimum atomic E-state index is -0.269. The SMILES string of the molecule is Cc1ccc(C(=O)N2CCc3c([nH]c4ccccc34)C23CC[NH+](Cc2ccccc2)CC3)cc1. The zero-order chi connectivity index (χ0) is 23.1. The number of benzene rings is 3. The molecule has 0 radical (unpaired) electrons. The molecule has 0 atom stereocenters. The Morgan fingerprint density at radius 3 is 2.41 bits per heavy atom. The second-order valence-electron chi connectivity index (χ2n) is 10.0. The first-order chi connectivity index (χ1) is 16.6. The van der Waals surface area contributed by atoms with Gasteiger partial charge in [0, 0.05) is 47.1 Å². The van der Waals surface area contributed by atoms with Crippen molar-refractivity contribution in [1.82, 2.24) is 9.88 Å². The Labute approximate surface area is 201 Å². The van der Waals surface area contributed by atoms with E-state index in [9.17, 15) is 4.79 Å². The maximum atomic E-state index is 13.9. The highest BCUT2D eigenvalue weighted by Gasteiger charge is 2.49. The van der Waals surface area contributed by atoms with Crippen LogP contribution in [0.2, 0.25) is 0 Å². The van der Waals surface area contributed by atoms with E-state index in [0.717, 1.165) is 51.0 Å². The number of amides is 1. The second kappa shape index (κ2) is 8.44. The maximum absolute atomic E-state index is 13.9. The molecule has 1 aromatic heterocycles. The van der Waals surface area contributed by atoms with Gasteiger partial charge in [-0.15, -0.1) is 0 Å². The van der Waals surface area contributed by atoms with Crippen molar-refractivity contribution >= 4 is 16.8 Å². The topological polar surface area (TPSA) is 40.5 Å². The summed E-state index contributed by atoms with van der Waals surface area (Å²) < 4.78 is 0. The van der Waals surface area contributed by atoms with Gasteiger partial charge in [-0.2, -0.15) is 0 Å². The molecular formula is C30H32N3O+. The summed E-state index contributed by atoms with van der Waals surface area (Å²) in [7, 11) is 0. The monoisotopic (exact) mass is 450 g/mol. The number of nitrogens with one attached hydrogen (secondary N) is 2. The number of quaternary nitrogens is 1. The number of aromatic nitrogens is 1. The van der Waals surface area contributed by atoms with Crippen LogP contribution in [0.4, 0.5) is 0 Å². The number of aryl methyl sites for hydroxylation is 1. The van der Waals surface area contributed by atoms with Crippen LogP contribution < -0.4 is 4.90 Å². The number of carbonyl (C=O) groups is 1. The van der Waals surface area contributed by atoms with Crippen LogP contribution in [0.3, 0.4) is 0 Å². The van der Waals surface area contributed by atoms with Crippen molar-refractivity contribution < 1.29 is 9.69 Å². The molecule has 1 spiro atoms. The first-order valence-electron chi connectivity index (χ1n) is 12.5. The Bertz CT molecular complexity index is 1310. The van der Waals surface area contributed by atoms with Crippen LogP contribution in [0, 0.1) is 6.92 Å². The fourth-order valence-corrected chi connectivity index (χ4v) is 6.18. The summed E-state index contributed by atoms with van der Waals surface area (Å²) in [4.78, 5) is 21.5. The lowest BCUT2D eigenvalue weighted by Gasteiger charge is -2.50. The zero-order valence-electron chi connectivity index (χ0n) is 19.8. The van der Waals surface area contributed by atoms with E-state index in [0.29, 0.717) is 0 Å². The minimum absolute atomic E-state index is 0.163. The molecule has 34 heavy (non-hydrogen) atoms. The van der Waals surface area contributed by atoms with Gasteiger partial charge in [-0.3, -0.25) is 4.79 Å². The standard InChI is InChI=1S/C30H31N3O/c1-22-11-13-24(14-12-22)29(34)33-18-15-26-25-9-5-6-10-27(25)31-28(26)30(33)16-19-32(20-17-30)21-23-7-3-2-4-8-23/h2-14,31H,15-21H2,1H3/p+1. The Hall–Kier alpha value is -3.37. The van der Waals surface area contributed by atoms with E-state index in [-0.39, 0.29) is 11.4 Å².